The predicted octanol–water partition coefficient (Wildman–Crippen LogP) is 5.09. The number of carbonyl (C=O) groups is 1. The number of nitrogens with one attached hydrogen (secondary N) is 1. The van der Waals surface area contributed by atoms with E-state index in [0.29, 0.717) is 28.7 Å². The van der Waals surface area contributed by atoms with Crippen LogP contribution in [0.1, 0.15) is 43.1 Å². The first-order valence-corrected chi connectivity index (χ1v) is 10.7. The summed E-state index contributed by atoms with van der Waals surface area (Å²) in [5, 5.41) is 17.8. The van der Waals surface area contributed by atoms with Gasteiger partial charge in [0.15, 0.2) is 5.82 Å². The van der Waals surface area contributed by atoms with Crippen molar-refractivity contribution in [3.8, 4) is 0 Å². The molecule has 0 aliphatic rings. The molecule has 8 heteroatoms. The molecule has 0 bridgehead atoms. The molecule has 0 unspecified atom stereocenters. The summed E-state index contributed by atoms with van der Waals surface area (Å²) in [6.07, 6.45) is 1.12. The Morgan fingerprint density at radius 3 is 2.23 bits per heavy atom. The standard InChI is InChI=1S/C23H25Cl2N3O3/c1-23(2,14-29)27-22-26-21(28-31-22)17(11-15-3-7-18(24)8-4-15)13-20(30)12-16-5-9-19(25)10-6-16/h3-10,17,29H,11-14H2,1-2H3,(H,26,27,28)/t17-/m1/s1. The van der Waals surface area contributed by atoms with Gasteiger partial charge in [-0.05, 0) is 55.7 Å². The molecule has 0 spiro atoms. The van der Waals surface area contributed by atoms with Gasteiger partial charge in [-0.3, -0.25) is 4.79 Å². The maximum Gasteiger partial charge on any atom is 0.321 e. The van der Waals surface area contributed by atoms with E-state index in [0.717, 1.165) is 11.1 Å². The highest BCUT2D eigenvalue weighted by Gasteiger charge is 2.25. The molecule has 6 nitrogen and oxygen atoms in total. The van der Waals surface area contributed by atoms with Crippen molar-refractivity contribution in [2.75, 3.05) is 11.9 Å². The Morgan fingerprint density at radius 1 is 1.06 bits per heavy atom. The van der Waals surface area contributed by atoms with Gasteiger partial charge < -0.3 is 14.9 Å². The highest BCUT2D eigenvalue weighted by molar-refractivity contribution is 6.30. The largest absolute Gasteiger partial charge is 0.394 e. The van der Waals surface area contributed by atoms with Crippen molar-refractivity contribution in [1.29, 1.82) is 0 Å². The van der Waals surface area contributed by atoms with Crippen LogP contribution in [0.15, 0.2) is 53.1 Å². The van der Waals surface area contributed by atoms with Gasteiger partial charge in [0, 0.05) is 28.8 Å². The van der Waals surface area contributed by atoms with Crippen molar-refractivity contribution >= 4 is 35.0 Å². The molecule has 1 aromatic heterocycles. The molecule has 0 radical (unpaired) electrons. The highest BCUT2D eigenvalue weighted by atomic mass is 35.5. The van der Waals surface area contributed by atoms with E-state index in [4.69, 9.17) is 27.7 Å². The Morgan fingerprint density at radius 2 is 1.65 bits per heavy atom. The first-order valence-electron chi connectivity index (χ1n) is 9.97. The van der Waals surface area contributed by atoms with Crippen molar-refractivity contribution in [3.05, 3.63) is 75.5 Å². The van der Waals surface area contributed by atoms with Crippen LogP contribution >= 0.6 is 23.2 Å². The molecule has 0 saturated heterocycles. The molecule has 0 fully saturated rings. The van der Waals surface area contributed by atoms with Crippen LogP contribution in [0.25, 0.3) is 0 Å². The SMILES string of the molecule is CC(C)(CO)Nc1nc([C@@H](CC(=O)Cc2ccc(Cl)cc2)Cc2ccc(Cl)cc2)no1. The fourth-order valence-electron chi connectivity index (χ4n) is 3.12. The first kappa shape index (κ1) is 23.3. The van der Waals surface area contributed by atoms with Gasteiger partial charge in [0.25, 0.3) is 0 Å². The van der Waals surface area contributed by atoms with Crippen molar-refractivity contribution < 1.29 is 14.4 Å². The fourth-order valence-corrected chi connectivity index (χ4v) is 3.37. The molecular formula is C23H25Cl2N3O3. The smallest absolute Gasteiger partial charge is 0.321 e. The van der Waals surface area contributed by atoms with Crippen LogP contribution in [-0.4, -0.2) is 33.2 Å². The summed E-state index contributed by atoms with van der Waals surface area (Å²) < 4.78 is 5.32. The number of aromatic nitrogens is 2. The van der Waals surface area contributed by atoms with Crippen LogP contribution in [0.3, 0.4) is 0 Å². The van der Waals surface area contributed by atoms with E-state index in [1.165, 1.54) is 0 Å². The van der Waals surface area contributed by atoms with Gasteiger partial charge in [-0.15, -0.1) is 0 Å². The Balaban J connectivity index is 1.77. The second kappa shape index (κ2) is 10.3. The van der Waals surface area contributed by atoms with Crippen LogP contribution in [0.4, 0.5) is 6.01 Å². The molecule has 0 aliphatic heterocycles. The minimum absolute atomic E-state index is 0.0660. The number of ketones is 1. The van der Waals surface area contributed by atoms with Crippen molar-refractivity contribution in [2.24, 2.45) is 0 Å². The van der Waals surface area contributed by atoms with Crippen LogP contribution in [-0.2, 0) is 17.6 Å². The lowest BCUT2D eigenvalue weighted by atomic mass is 9.91. The molecule has 0 aliphatic carbocycles. The molecule has 3 aromatic rings. The molecule has 1 heterocycles. The molecule has 2 aromatic carbocycles. The molecular weight excluding hydrogens is 437 g/mol. The van der Waals surface area contributed by atoms with Gasteiger partial charge in [-0.25, -0.2) is 0 Å². The number of Topliss-reactive ketones (excluding diaryl/α,β-unsaturated/α-hetero) is 1. The summed E-state index contributed by atoms with van der Waals surface area (Å²) in [5.41, 5.74) is 1.31. The number of halogens is 2. The van der Waals surface area contributed by atoms with Crippen LogP contribution < -0.4 is 5.32 Å². The van der Waals surface area contributed by atoms with Crippen LogP contribution in [0.2, 0.25) is 10.0 Å². The number of anilines is 1. The second-order valence-corrected chi connectivity index (χ2v) is 9.07. The summed E-state index contributed by atoms with van der Waals surface area (Å²) in [4.78, 5) is 17.3. The molecule has 164 valence electrons. The van der Waals surface area contributed by atoms with Gasteiger partial charge in [0.05, 0.1) is 12.1 Å². The Labute approximate surface area is 191 Å². The van der Waals surface area contributed by atoms with Gasteiger partial charge in [-0.1, -0.05) is 52.6 Å². The van der Waals surface area contributed by atoms with Gasteiger partial charge in [0.2, 0.25) is 0 Å². The average Bonchev–Trinajstić information content (AvgIpc) is 3.18. The molecule has 1 atom stereocenters. The minimum Gasteiger partial charge on any atom is -0.394 e. The van der Waals surface area contributed by atoms with E-state index in [-0.39, 0.29) is 30.7 Å². The molecule has 0 amide bonds. The van der Waals surface area contributed by atoms with Crippen molar-refractivity contribution in [2.45, 2.75) is 44.6 Å². The maximum absolute atomic E-state index is 12.8. The zero-order valence-corrected chi connectivity index (χ0v) is 19.0. The van der Waals surface area contributed by atoms with Gasteiger partial charge >= 0.3 is 6.01 Å². The number of hydrogen-bond donors (Lipinski definition) is 2. The van der Waals surface area contributed by atoms with Crippen LogP contribution in [0.5, 0.6) is 0 Å². The summed E-state index contributed by atoms with van der Waals surface area (Å²) in [6.45, 7) is 3.54. The lowest BCUT2D eigenvalue weighted by Crippen LogP contribution is -2.35. The number of carbonyl (C=O) groups excluding carboxylic acids is 1. The second-order valence-electron chi connectivity index (χ2n) is 8.20. The third-order valence-corrected chi connectivity index (χ3v) is 5.34. The van der Waals surface area contributed by atoms with E-state index in [1.54, 1.807) is 12.1 Å². The topological polar surface area (TPSA) is 88.2 Å². The molecule has 31 heavy (non-hydrogen) atoms. The number of benzene rings is 2. The zero-order chi connectivity index (χ0) is 22.4. The minimum atomic E-state index is -0.611. The summed E-state index contributed by atoms with van der Waals surface area (Å²) >= 11 is 11.9. The Kier molecular flexibility index (Phi) is 7.70. The number of nitrogens with zero attached hydrogens (tertiary/aromatic N) is 2. The van der Waals surface area contributed by atoms with Gasteiger partial charge in [0.1, 0.15) is 5.78 Å². The quantitative estimate of drug-likeness (QED) is 0.437. The highest BCUT2D eigenvalue weighted by Crippen LogP contribution is 2.26. The maximum atomic E-state index is 12.8. The number of hydrogen-bond acceptors (Lipinski definition) is 6. The van der Waals surface area contributed by atoms with Crippen molar-refractivity contribution in [1.82, 2.24) is 10.1 Å². The first-order chi connectivity index (χ1) is 14.7. The summed E-state index contributed by atoms with van der Waals surface area (Å²) in [6, 6.07) is 14.9. The van der Waals surface area contributed by atoms with Crippen LogP contribution in [0, 0.1) is 0 Å². The van der Waals surface area contributed by atoms with E-state index in [2.05, 4.69) is 15.5 Å². The third kappa shape index (κ3) is 7.06. The average molecular weight is 462 g/mol. The van der Waals surface area contributed by atoms with E-state index < -0.39 is 5.54 Å². The monoisotopic (exact) mass is 461 g/mol. The molecule has 2 N–H and O–H groups in total. The Hall–Kier alpha value is -2.41. The molecule has 3 rings (SSSR count). The number of rotatable bonds is 10. The summed E-state index contributed by atoms with van der Waals surface area (Å²) in [7, 11) is 0. The number of aliphatic hydroxyl groups is 1. The zero-order valence-electron chi connectivity index (χ0n) is 17.4. The fraction of sp³-hybridized carbons (Fsp3) is 0.348. The summed E-state index contributed by atoms with van der Waals surface area (Å²) in [5.74, 6) is 0.240. The number of aliphatic hydroxyl groups excluding tert-OH is 1. The molecule has 0 saturated carbocycles. The van der Waals surface area contributed by atoms with Crippen molar-refractivity contribution in [3.63, 3.8) is 0 Å². The lowest BCUT2D eigenvalue weighted by Gasteiger charge is -2.21. The normalized spacial score (nSPS) is 12.5. The van der Waals surface area contributed by atoms with E-state index >= 15 is 0 Å². The van der Waals surface area contributed by atoms with E-state index in [9.17, 15) is 9.90 Å². The third-order valence-electron chi connectivity index (χ3n) is 4.83. The lowest BCUT2D eigenvalue weighted by molar-refractivity contribution is -0.118. The van der Waals surface area contributed by atoms with E-state index in [1.807, 2.05) is 50.2 Å². The predicted molar refractivity (Wildman–Crippen MR) is 122 cm³/mol. The van der Waals surface area contributed by atoms with Gasteiger partial charge in [-0.2, -0.15) is 4.98 Å². The Bertz CT molecular complexity index is 1000.